The van der Waals surface area contributed by atoms with Crippen LogP contribution in [0.2, 0.25) is 0 Å². The molecule has 2 aromatic carbocycles. The van der Waals surface area contributed by atoms with Crippen LogP contribution >= 0.6 is 0 Å². The number of aliphatic hydroxyl groups is 1. The molecular formula is C17H19N5O. The van der Waals surface area contributed by atoms with E-state index >= 15 is 0 Å². The number of rotatable bonds is 5. The number of nitrogens with zero attached hydrogens (tertiary/aromatic N) is 4. The lowest BCUT2D eigenvalue weighted by molar-refractivity contribution is 0.281. The van der Waals surface area contributed by atoms with Gasteiger partial charge in [-0.15, -0.1) is 5.10 Å². The Balaban J connectivity index is 1.78. The second kappa shape index (κ2) is 6.58. The molecule has 6 heteroatoms. The van der Waals surface area contributed by atoms with Crippen molar-refractivity contribution in [1.29, 1.82) is 0 Å². The highest BCUT2D eigenvalue weighted by Gasteiger charge is 2.08. The molecule has 118 valence electrons. The van der Waals surface area contributed by atoms with Crippen LogP contribution < -0.4 is 5.32 Å². The normalized spacial score (nSPS) is 12.1. The van der Waals surface area contributed by atoms with Crippen molar-refractivity contribution < 1.29 is 5.11 Å². The third-order valence-corrected chi connectivity index (χ3v) is 3.81. The van der Waals surface area contributed by atoms with Crippen LogP contribution in [0.15, 0.2) is 48.8 Å². The average Bonchev–Trinajstić information content (AvgIpc) is 3.09. The van der Waals surface area contributed by atoms with Crippen LogP contribution in [0.5, 0.6) is 0 Å². The van der Waals surface area contributed by atoms with Crippen molar-refractivity contribution in [1.82, 2.24) is 20.2 Å². The summed E-state index contributed by atoms with van der Waals surface area (Å²) in [6.45, 7) is 4.18. The Morgan fingerprint density at radius 3 is 2.78 bits per heavy atom. The number of tetrazole rings is 1. The summed E-state index contributed by atoms with van der Waals surface area (Å²) in [5, 5.41) is 24.0. The molecule has 0 bridgehead atoms. The third-order valence-electron chi connectivity index (χ3n) is 3.81. The first kappa shape index (κ1) is 15.2. The summed E-state index contributed by atoms with van der Waals surface area (Å²) in [7, 11) is 0. The highest BCUT2D eigenvalue weighted by Crippen LogP contribution is 2.23. The summed E-state index contributed by atoms with van der Waals surface area (Å²) in [5.74, 6) is 0. The van der Waals surface area contributed by atoms with Gasteiger partial charge in [0, 0.05) is 11.7 Å². The zero-order chi connectivity index (χ0) is 16.2. The first-order valence-electron chi connectivity index (χ1n) is 7.47. The lowest BCUT2D eigenvalue weighted by Crippen LogP contribution is -2.08. The zero-order valence-corrected chi connectivity index (χ0v) is 13.1. The largest absolute Gasteiger partial charge is 0.392 e. The molecule has 0 saturated carbocycles. The van der Waals surface area contributed by atoms with Gasteiger partial charge in [-0.05, 0) is 59.2 Å². The molecule has 0 aliphatic rings. The van der Waals surface area contributed by atoms with Crippen molar-refractivity contribution in [2.24, 2.45) is 0 Å². The van der Waals surface area contributed by atoms with Crippen molar-refractivity contribution in [3.05, 3.63) is 65.5 Å². The number of aryl methyl sites for hydroxylation is 1. The lowest BCUT2D eigenvalue weighted by Gasteiger charge is -2.17. The fourth-order valence-electron chi connectivity index (χ4n) is 2.57. The molecule has 1 heterocycles. The average molecular weight is 309 g/mol. The van der Waals surface area contributed by atoms with E-state index in [1.165, 1.54) is 0 Å². The topological polar surface area (TPSA) is 75.9 Å². The molecule has 3 aromatic rings. The fraction of sp³-hybridized carbons (Fsp3) is 0.235. The highest BCUT2D eigenvalue weighted by molar-refractivity contribution is 5.54. The second-order valence-electron chi connectivity index (χ2n) is 5.52. The molecule has 23 heavy (non-hydrogen) atoms. The molecule has 0 saturated heterocycles. The van der Waals surface area contributed by atoms with Crippen LogP contribution in [0.25, 0.3) is 5.69 Å². The van der Waals surface area contributed by atoms with Gasteiger partial charge in [0.1, 0.15) is 6.33 Å². The van der Waals surface area contributed by atoms with Crippen molar-refractivity contribution in [2.45, 2.75) is 26.5 Å². The lowest BCUT2D eigenvalue weighted by atomic mass is 10.0. The minimum atomic E-state index is 0.0559. The Hall–Kier alpha value is -2.73. The van der Waals surface area contributed by atoms with Crippen LogP contribution in [-0.2, 0) is 6.61 Å². The molecule has 1 unspecified atom stereocenters. The van der Waals surface area contributed by atoms with Gasteiger partial charge in [0.25, 0.3) is 0 Å². The summed E-state index contributed by atoms with van der Waals surface area (Å²) >= 11 is 0. The summed E-state index contributed by atoms with van der Waals surface area (Å²) in [6, 6.07) is 14.2. The Morgan fingerprint density at radius 1 is 1.22 bits per heavy atom. The minimum Gasteiger partial charge on any atom is -0.392 e. The number of nitrogens with one attached hydrogen (secondary N) is 1. The first-order chi connectivity index (χ1) is 11.2. The van der Waals surface area contributed by atoms with E-state index in [1.54, 1.807) is 11.0 Å². The Bertz CT molecular complexity index is 785. The summed E-state index contributed by atoms with van der Waals surface area (Å²) < 4.78 is 1.65. The molecule has 3 rings (SSSR count). The molecule has 0 radical (unpaired) electrons. The van der Waals surface area contributed by atoms with E-state index in [0.29, 0.717) is 0 Å². The summed E-state index contributed by atoms with van der Waals surface area (Å²) in [4.78, 5) is 0. The van der Waals surface area contributed by atoms with E-state index in [0.717, 1.165) is 28.1 Å². The zero-order valence-electron chi connectivity index (χ0n) is 13.1. The maximum absolute atomic E-state index is 9.25. The van der Waals surface area contributed by atoms with Crippen molar-refractivity contribution in [2.75, 3.05) is 5.32 Å². The van der Waals surface area contributed by atoms with E-state index in [2.05, 4.69) is 39.9 Å². The van der Waals surface area contributed by atoms with Gasteiger partial charge < -0.3 is 10.4 Å². The van der Waals surface area contributed by atoms with Gasteiger partial charge in [0.05, 0.1) is 12.3 Å². The second-order valence-corrected chi connectivity index (χ2v) is 5.52. The van der Waals surface area contributed by atoms with Crippen LogP contribution in [0.1, 0.15) is 29.7 Å². The predicted octanol–water partition coefficient (Wildman–Crippen LogP) is 2.64. The number of hydrogen-bond donors (Lipinski definition) is 2. The Morgan fingerprint density at radius 2 is 2.09 bits per heavy atom. The summed E-state index contributed by atoms with van der Waals surface area (Å²) in [6.07, 6.45) is 1.58. The van der Waals surface area contributed by atoms with E-state index in [1.807, 2.05) is 37.3 Å². The summed E-state index contributed by atoms with van der Waals surface area (Å²) in [5.41, 5.74) is 5.12. The van der Waals surface area contributed by atoms with E-state index in [9.17, 15) is 5.11 Å². The first-order valence-corrected chi connectivity index (χ1v) is 7.47. The van der Waals surface area contributed by atoms with Crippen molar-refractivity contribution >= 4 is 5.69 Å². The van der Waals surface area contributed by atoms with Gasteiger partial charge in [-0.25, -0.2) is 4.68 Å². The molecule has 2 N–H and O–H groups in total. The monoisotopic (exact) mass is 309 g/mol. The third kappa shape index (κ3) is 3.37. The van der Waals surface area contributed by atoms with E-state index in [4.69, 9.17) is 0 Å². The Labute approximate surface area is 134 Å². The fourth-order valence-corrected chi connectivity index (χ4v) is 2.57. The number of aromatic nitrogens is 4. The van der Waals surface area contributed by atoms with Crippen LogP contribution in [-0.4, -0.2) is 25.3 Å². The van der Waals surface area contributed by atoms with Gasteiger partial charge in [-0.1, -0.05) is 24.3 Å². The number of hydrogen-bond acceptors (Lipinski definition) is 5. The molecule has 1 aromatic heterocycles. The van der Waals surface area contributed by atoms with Gasteiger partial charge >= 0.3 is 0 Å². The van der Waals surface area contributed by atoms with Crippen molar-refractivity contribution in [3.63, 3.8) is 0 Å². The molecule has 1 atom stereocenters. The quantitative estimate of drug-likeness (QED) is 0.758. The van der Waals surface area contributed by atoms with Gasteiger partial charge in [0.2, 0.25) is 0 Å². The number of anilines is 1. The maximum atomic E-state index is 9.25. The molecule has 0 aliphatic heterocycles. The number of benzene rings is 2. The standard InChI is InChI=1S/C17H19N5O/c1-12-8-16(6-7-17(12)22-11-18-20-21-22)19-13(2)15-5-3-4-14(9-15)10-23/h3-9,11,13,19,23H,10H2,1-2H3. The molecule has 0 aliphatic carbocycles. The van der Waals surface area contributed by atoms with Gasteiger partial charge in [-0.2, -0.15) is 0 Å². The molecular weight excluding hydrogens is 290 g/mol. The van der Waals surface area contributed by atoms with Crippen molar-refractivity contribution in [3.8, 4) is 5.69 Å². The molecule has 0 fully saturated rings. The smallest absolute Gasteiger partial charge is 0.143 e. The van der Waals surface area contributed by atoms with Gasteiger partial charge in [0.15, 0.2) is 0 Å². The Kier molecular flexibility index (Phi) is 4.34. The highest BCUT2D eigenvalue weighted by atomic mass is 16.3. The van der Waals surface area contributed by atoms with Crippen LogP contribution in [0.3, 0.4) is 0 Å². The van der Waals surface area contributed by atoms with Crippen LogP contribution in [0.4, 0.5) is 5.69 Å². The van der Waals surface area contributed by atoms with Crippen LogP contribution in [0, 0.1) is 6.92 Å². The van der Waals surface area contributed by atoms with E-state index < -0.39 is 0 Å². The predicted molar refractivity (Wildman–Crippen MR) is 88.3 cm³/mol. The molecule has 6 nitrogen and oxygen atoms in total. The number of aliphatic hydroxyl groups excluding tert-OH is 1. The minimum absolute atomic E-state index is 0.0559. The maximum Gasteiger partial charge on any atom is 0.143 e. The van der Waals surface area contributed by atoms with E-state index in [-0.39, 0.29) is 12.6 Å². The van der Waals surface area contributed by atoms with Gasteiger partial charge in [-0.3, -0.25) is 0 Å². The molecule has 0 amide bonds. The SMILES string of the molecule is Cc1cc(NC(C)c2cccc(CO)c2)ccc1-n1cnnn1. The molecule has 0 spiro atoms.